The van der Waals surface area contributed by atoms with Crippen molar-refractivity contribution in [2.45, 2.75) is 6.92 Å². The van der Waals surface area contributed by atoms with E-state index in [0.29, 0.717) is 17.9 Å². The van der Waals surface area contributed by atoms with E-state index in [-0.39, 0.29) is 22.7 Å². The molecule has 3 aromatic rings. The van der Waals surface area contributed by atoms with Gasteiger partial charge in [-0.25, -0.2) is 10.2 Å². The summed E-state index contributed by atoms with van der Waals surface area (Å²) in [4.78, 5) is 38.5. The van der Waals surface area contributed by atoms with Gasteiger partial charge in [0.05, 0.1) is 23.3 Å². The Morgan fingerprint density at radius 2 is 1.91 bits per heavy atom. The number of pyridine rings is 1. The van der Waals surface area contributed by atoms with Crippen molar-refractivity contribution in [3.05, 3.63) is 93.8 Å². The Labute approximate surface area is 182 Å². The summed E-state index contributed by atoms with van der Waals surface area (Å²) in [7, 11) is 0. The zero-order chi connectivity index (χ0) is 22.9. The first-order valence-corrected chi connectivity index (χ1v) is 9.46. The van der Waals surface area contributed by atoms with E-state index in [0.717, 1.165) is 0 Å². The minimum atomic E-state index is -0.690. The molecule has 1 N–H and O–H groups in total. The Bertz CT molecular complexity index is 1150. The molecule has 0 aliphatic rings. The molecule has 0 spiro atoms. The molecule has 0 atom stereocenters. The molecule has 162 valence electrons. The molecule has 0 saturated carbocycles. The molecule has 1 amide bonds. The lowest BCUT2D eigenvalue weighted by atomic mass is 10.2. The summed E-state index contributed by atoms with van der Waals surface area (Å²) in [6, 6.07) is 14.8. The molecule has 2 aromatic carbocycles. The van der Waals surface area contributed by atoms with Gasteiger partial charge in [-0.2, -0.15) is 5.10 Å². The molecule has 1 aromatic heterocycles. The summed E-state index contributed by atoms with van der Waals surface area (Å²) in [5.74, 6) is -0.682. The van der Waals surface area contributed by atoms with Crippen molar-refractivity contribution in [1.82, 2.24) is 10.4 Å². The number of amides is 1. The quantitative estimate of drug-likeness (QED) is 0.189. The highest BCUT2D eigenvalue weighted by Gasteiger charge is 2.15. The summed E-state index contributed by atoms with van der Waals surface area (Å²) in [6.07, 6.45) is 2.91. The highest BCUT2D eigenvalue weighted by Crippen LogP contribution is 2.29. The van der Waals surface area contributed by atoms with Crippen molar-refractivity contribution in [3.63, 3.8) is 0 Å². The van der Waals surface area contributed by atoms with Gasteiger partial charge in [0.2, 0.25) is 0 Å². The van der Waals surface area contributed by atoms with Crippen molar-refractivity contribution in [2.24, 2.45) is 5.10 Å². The molecule has 3 rings (SSSR count). The van der Waals surface area contributed by atoms with Crippen molar-refractivity contribution < 1.29 is 24.0 Å². The van der Waals surface area contributed by atoms with E-state index in [2.05, 4.69) is 15.5 Å². The number of nitrogens with zero attached hydrogens (tertiary/aromatic N) is 3. The van der Waals surface area contributed by atoms with Gasteiger partial charge in [-0.3, -0.25) is 19.9 Å². The van der Waals surface area contributed by atoms with Crippen molar-refractivity contribution in [1.29, 1.82) is 0 Å². The number of rotatable bonds is 8. The van der Waals surface area contributed by atoms with Crippen LogP contribution in [0.3, 0.4) is 0 Å². The van der Waals surface area contributed by atoms with E-state index in [1.807, 2.05) is 0 Å². The highest BCUT2D eigenvalue weighted by molar-refractivity contribution is 5.93. The molecule has 0 saturated heterocycles. The predicted octanol–water partition coefficient (Wildman–Crippen LogP) is 3.37. The summed E-state index contributed by atoms with van der Waals surface area (Å²) in [5.41, 5.74) is 3.22. The van der Waals surface area contributed by atoms with E-state index in [9.17, 15) is 19.7 Å². The van der Waals surface area contributed by atoms with Crippen LogP contribution in [0.15, 0.2) is 72.0 Å². The number of hydrazone groups is 1. The number of nitro groups is 1. The molecule has 0 aliphatic carbocycles. The Hall–Kier alpha value is -4.60. The molecule has 1 heterocycles. The second-order valence-corrected chi connectivity index (χ2v) is 6.25. The van der Waals surface area contributed by atoms with Crippen molar-refractivity contribution in [2.75, 3.05) is 6.61 Å². The molecular weight excluding hydrogens is 416 g/mol. The summed E-state index contributed by atoms with van der Waals surface area (Å²) >= 11 is 0. The predicted molar refractivity (Wildman–Crippen MR) is 115 cm³/mol. The number of hydrogen-bond acceptors (Lipinski definition) is 8. The maximum Gasteiger partial charge on any atom is 0.343 e. The fourth-order valence-electron chi connectivity index (χ4n) is 2.56. The number of non-ortho nitro benzene ring substituents is 1. The standard InChI is InChI=1S/C22H18N4O6/c1-2-31-20-13-15(14-24-25-21(27)18-5-3-4-12-23-18)6-11-19(20)32-22(28)16-7-9-17(10-8-16)26(29)30/h3-14H,2H2,1H3,(H,25,27). The number of benzene rings is 2. The number of carbonyl (C=O) groups is 2. The lowest BCUT2D eigenvalue weighted by molar-refractivity contribution is -0.384. The normalized spacial score (nSPS) is 10.5. The molecule has 0 bridgehead atoms. The molecular formula is C22H18N4O6. The van der Waals surface area contributed by atoms with Crippen LogP contribution in [0.4, 0.5) is 5.69 Å². The average molecular weight is 434 g/mol. The third-order valence-electron chi connectivity index (χ3n) is 4.06. The van der Waals surface area contributed by atoms with Gasteiger partial charge >= 0.3 is 5.97 Å². The van der Waals surface area contributed by atoms with Gasteiger partial charge in [0.25, 0.3) is 11.6 Å². The minimum Gasteiger partial charge on any atom is -0.490 e. The van der Waals surface area contributed by atoms with Gasteiger partial charge < -0.3 is 9.47 Å². The molecule has 0 radical (unpaired) electrons. The first-order valence-electron chi connectivity index (χ1n) is 9.46. The van der Waals surface area contributed by atoms with Crippen LogP contribution in [0.5, 0.6) is 11.5 Å². The van der Waals surface area contributed by atoms with Crippen molar-refractivity contribution >= 4 is 23.8 Å². The number of esters is 1. The second-order valence-electron chi connectivity index (χ2n) is 6.25. The topological polar surface area (TPSA) is 133 Å². The number of nitro benzene ring substituents is 1. The Morgan fingerprint density at radius 3 is 2.56 bits per heavy atom. The third kappa shape index (κ3) is 5.72. The fourth-order valence-corrected chi connectivity index (χ4v) is 2.56. The first kappa shape index (κ1) is 22.1. The van der Waals surface area contributed by atoms with Gasteiger partial charge in [0, 0.05) is 18.3 Å². The third-order valence-corrected chi connectivity index (χ3v) is 4.06. The van der Waals surface area contributed by atoms with Crippen LogP contribution in [-0.2, 0) is 0 Å². The summed E-state index contributed by atoms with van der Waals surface area (Å²) < 4.78 is 10.9. The van der Waals surface area contributed by atoms with E-state index in [1.54, 1.807) is 37.3 Å². The number of ether oxygens (including phenoxy) is 2. The van der Waals surface area contributed by atoms with Gasteiger partial charge in [0.1, 0.15) is 5.69 Å². The number of aromatic nitrogens is 1. The molecule has 10 nitrogen and oxygen atoms in total. The van der Waals surface area contributed by atoms with Crippen LogP contribution in [0.1, 0.15) is 33.3 Å². The Balaban J connectivity index is 1.70. The SMILES string of the molecule is CCOc1cc(C=NNC(=O)c2ccccn2)ccc1OC(=O)c1ccc([N+](=O)[O-])cc1. The van der Waals surface area contributed by atoms with Crippen LogP contribution in [-0.4, -0.2) is 34.6 Å². The van der Waals surface area contributed by atoms with E-state index in [1.165, 1.54) is 42.7 Å². The lowest BCUT2D eigenvalue weighted by Gasteiger charge is -2.11. The van der Waals surface area contributed by atoms with Crippen LogP contribution < -0.4 is 14.9 Å². The molecule has 32 heavy (non-hydrogen) atoms. The Kier molecular flexibility index (Phi) is 7.20. The van der Waals surface area contributed by atoms with Gasteiger partial charge in [-0.05, 0) is 55.0 Å². The number of hydrogen-bond donors (Lipinski definition) is 1. The molecule has 10 heteroatoms. The van der Waals surface area contributed by atoms with Gasteiger partial charge in [-0.15, -0.1) is 0 Å². The lowest BCUT2D eigenvalue weighted by Crippen LogP contribution is -2.18. The average Bonchev–Trinajstić information content (AvgIpc) is 2.81. The van der Waals surface area contributed by atoms with Crippen LogP contribution >= 0.6 is 0 Å². The zero-order valence-corrected chi connectivity index (χ0v) is 16.9. The zero-order valence-electron chi connectivity index (χ0n) is 16.9. The Morgan fingerprint density at radius 1 is 1.12 bits per heavy atom. The first-order chi connectivity index (χ1) is 15.5. The summed E-state index contributed by atoms with van der Waals surface area (Å²) in [6.45, 7) is 2.09. The largest absolute Gasteiger partial charge is 0.490 e. The van der Waals surface area contributed by atoms with Gasteiger partial charge in [-0.1, -0.05) is 6.07 Å². The summed E-state index contributed by atoms with van der Waals surface area (Å²) in [5, 5.41) is 14.6. The van der Waals surface area contributed by atoms with E-state index >= 15 is 0 Å². The van der Waals surface area contributed by atoms with E-state index < -0.39 is 16.8 Å². The van der Waals surface area contributed by atoms with Crippen LogP contribution in [0, 0.1) is 10.1 Å². The fraction of sp³-hybridized carbons (Fsp3) is 0.0909. The minimum absolute atomic E-state index is 0.129. The van der Waals surface area contributed by atoms with Gasteiger partial charge in [0.15, 0.2) is 11.5 Å². The smallest absolute Gasteiger partial charge is 0.343 e. The number of carbonyl (C=O) groups excluding carboxylic acids is 2. The monoisotopic (exact) mass is 434 g/mol. The van der Waals surface area contributed by atoms with Crippen LogP contribution in [0.25, 0.3) is 0 Å². The van der Waals surface area contributed by atoms with Crippen molar-refractivity contribution in [3.8, 4) is 11.5 Å². The maximum absolute atomic E-state index is 12.4. The second kappa shape index (κ2) is 10.4. The van der Waals surface area contributed by atoms with E-state index in [4.69, 9.17) is 9.47 Å². The number of nitrogens with one attached hydrogen (secondary N) is 1. The maximum atomic E-state index is 12.4. The molecule has 0 aliphatic heterocycles. The molecule has 0 unspecified atom stereocenters. The molecule has 0 fully saturated rings. The van der Waals surface area contributed by atoms with Crippen LogP contribution in [0.2, 0.25) is 0 Å². The highest BCUT2D eigenvalue weighted by atomic mass is 16.6.